The van der Waals surface area contributed by atoms with Crippen LogP contribution in [0.4, 0.5) is 22.0 Å². The number of carbonyl (C=O) groups is 1. The third-order valence-electron chi connectivity index (χ3n) is 3.11. The average molecular weight is 250 g/mol. The summed E-state index contributed by atoms with van der Waals surface area (Å²) in [5.74, 6) is -10.6. The molecule has 0 saturated heterocycles. The number of ketones is 1. The molecule has 0 aromatic heterocycles. The van der Waals surface area contributed by atoms with E-state index in [1.165, 1.54) is 0 Å². The summed E-state index contributed by atoms with van der Waals surface area (Å²) in [5, 5.41) is 0. The Kier molecular flexibility index (Phi) is 2.48. The van der Waals surface area contributed by atoms with Gasteiger partial charge < -0.3 is 0 Å². The molecule has 1 fully saturated rings. The highest BCUT2D eigenvalue weighted by molar-refractivity contribution is 5.91. The van der Waals surface area contributed by atoms with Crippen molar-refractivity contribution in [3.63, 3.8) is 0 Å². The second-order valence-electron chi connectivity index (χ2n) is 4.08. The van der Waals surface area contributed by atoms with Gasteiger partial charge in [-0.2, -0.15) is 0 Å². The molecular formula is C11H7F5O. The van der Waals surface area contributed by atoms with Crippen LogP contribution in [0.1, 0.15) is 25.3 Å². The van der Waals surface area contributed by atoms with Gasteiger partial charge in [0.1, 0.15) is 5.78 Å². The summed E-state index contributed by atoms with van der Waals surface area (Å²) in [5.41, 5.74) is -2.54. The molecule has 6 heteroatoms. The molecule has 1 aromatic carbocycles. The van der Waals surface area contributed by atoms with Gasteiger partial charge >= 0.3 is 0 Å². The Balaban J connectivity index is 2.76. The minimum atomic E-state index is -2.21. The van der Waals surface area contributed by atoms with E-state index in [1.54, 1.807) is 0 Å². The number of halogens is 5. The summed E-state index contributed by atoms with van der Waals surface area (Å²) < 4.78 is 65.5. The van der Waals surface area contributed by atoms with Crippen LogP contribution in [0.2, 0.25) is 0 Å². The minimum absolute atomic E-state index is 0.0979. The SMILES string of the molecule is CC(=O)C1(c2c(F)c(F)c(F)c(F)c2F)CC1. The normalized spacial score (nSPS) is 17.1. The quantitative estimate of drug-likeness (QED) is 0.448. The second-order valence-corrected chi connectivity index (χ2v) is 4.08. The zero-order valence-electron chi connectivity index (χ0n) is 8.71. The lowest BCUT2D eigenvalue weighted by atomic mass is 9.90. The molecule has 17 heavy (non-hydrogen) atoms. The van der Waals surface area contributed by atoms with Crippen molar-refractivity contribution in [2.45, 2.75) is 25.2 Å². The Morgan fingerprint density at radius 3 is 1.53 bits per heavy atom. The van der Waals surface area contributed by atoms with Crippen LogP contribution in [-0.4, -0.2) is 5.78 Å². The van der Waals surface area contributed by atoms with E-state index in [9.17, 15) is 26.7 Å². The van der Waals surface area contributed by atoms with Crippen molar-refractivity contribution in [1.29, 1.82) is 0 Å². The molecule has 0 heterocycles. The fourth-order valence-corrected chi connectivity index (χ4v) is 1.93. The second kappa shape index (κ2) is 3.51. The van der Waals surface area contributed by atoms with Gasteiger partial charge in [0.05, 0.1) is 5.41 Å². The fourth-order valence-electron chi connectivity index (χ4n) is 1.93. The van der Waals surface area contributed by atoms with Gasteiger partial charge in [-0.1, -0.05) is 0 Å². The molecule has 92 valence electrons. The Labute approximate surface area is 93.2 Å². The van der Waals surface area contributed by atoms with Gasteiger partial charge in [0, 0.05) is 5.56 Å². The molecular weight excluding hydrogens is 243 g/mol. The van der Waals surface area contributed by atoms with Crippen LogP contribution in [-0.2, 0) is 10.2 Å². The lowest BCUT2D eigenvalue weighted by Crippen LogP contribution is -2.23. The predicted octanol–water partition coefficient (Wildman–Crippen LogP) is 3.00. The zero-order valence-corrected chi connectivity index (χ0v) is 8.71. The van der Waals surface area contributed by atoms with Crippen LogP contribution < -0.4 is 0 Å². The molecule has 0 amide bonds. The topological polar surface area (TPSA) is 17.1 Å². The predicted molar refractivity (Wildman–Crippen MR) is 47.8 cm³/mol. The van der Waals surface area contributed by atoms with E-state index in [2.05, 4.69) is 0 Å². The Bertz CT molecular complexity index is 490. The first-order chi connectivity index (χ1) is 7.83. The lowest BCUT2D eigenvalue weighted by molar-refractivity contribution is -0.119. The number of carbonyl (C=O) groups excluding carboxylic acids is 1. The van der Waals surface area contributed by atoms with Gasteiger partial charge in [-0.05, 0) is 19.8 Å². The van der Waals surface area contributed by atoms with E-state index in [0.29, 0.717) is 0 Å². The summed E-state index contributed by atoms with van der Waals surface area (Å²) in [6.45, 7) is 1.07. The van der Waals surface area contributed by atoms with Crippen molar-refractivity contribution < 1.29 is 26.7 Å². The molecule has 0 spiro atoms. The molecule has 0 unspecified atom stereocenters. The highest BCUT2D eigenvalue weighted by Crippen LogP contribution is 2.51. The smallest absolute Gasteiger partial charge is 0.200 e. The van der Waals surface area contributed by atoms with Gasteiger partial charge in [-0.25, -0.2) is 22.0 Å². The molecule has 0 aliphatic heterocycles. The van der Waals surface area contributed by atoms with Crippen molar-refractivity contribution in [2.75, 3.05) is 0 Å². The Morgan fingerprint density at radius 2 is 1.24 bits per heavy atom. The Morgan fingerprint density at radius 1 is 0.882 bits per heavy atom. The fraction of sp³-hybridized carbons (Fsp3) is 0.364. The monoisotopic (exact) mass is 250 g/mol. The van der Waals surface area contributed by atoms with Gasteiger partial charge in [0.2, 0.25) is 5.82 Å². The van der Waals surface area contributed by atoms with Crippen molar-refractivity contribution >= 4 is 5.78 Å². The maximum Gasteiger partial charge on any atom is 0.200 e. The van der Waals surface area contributed by atoms with Crippen LogP contribution in [0.25, 0.3) is 0 Å². The lowest BCUT2D eigenvalue weighted by Gasteiger charge is -2.15. The minimum Gasteiger partial charge on any atom is -0.299 e. The van der Waals surface area contributed by atoms with Crippen molar-refractivity contribution in [3.05, 3.63) is 34.6 Å². The van der Waals surface area contributed by atoms with Crippen LogP contribution in [0.15, 0.2) is 0 Å². The molecule has 1 aliphatic carbocycles. The first kappa shape index (κ1) is 12.0. The van der Waals surface area contributed by atoms with E-state index >= 15 is 0 Å². The van der Waals surface area contributed by atoms with Gasteiger partial charge in [-0.15, -0.1) is 0 Å². The standard InChI is InChI=1S/C11H7F5O/c1-4(17)11(2-3-11)5-6(12)8(14)10(16)9(15)7(5)13/h2-3H2,1H3. The molecule has 0 bridgehead atoms. The number of Topliss-reactive ketones (excluding diaryl/α,β-unsaturated/α-hetero) is 1. The van der Waals surface area contributed by atoms with Crippen LogP contribution >= 0.6 is 0 Å². The molecule has 1 aliphatic rings. The van der Waals surface area contributed by atoms with Gasteiger partial charge in [0.15, 0.2) is 23.3 Å². The number of hydrogen-bond donors (Lipinski definition) is 0. The summed E-state index contributed by atoms with van der Waals surface area (Å²) >= 11 is 0. The molecule has 0 N–H and O–H groups in total. The van der Waals surface area contributed by atoms with Crippen molar-refractivity contribution in [2.24, 2.45) is 0 Å². The first-order valence-electron chi connectivity index (χ1n) is 4.86. The summed E-state index contributed by atoms with van der Waals surface area (Å²) in [7, 11) is 0. The molecule has 0 atom stereocenters. The van der Waals surface area contributed by atoms with Crippen LogP contribution in [0.5, 0.6) is 0 Å². The van der Waals surface area contributed by atoms with E-state index in [1.807, 2.05) is 0 Å². The van der Waals surface area contributed by atoms with Gasteiger partial charge in [-0.3, -0.25) is 4.79 Å². The van der Waals surface area contributed by atoms with Crippen LogP contribution in [0.3, 0.4) is 0 Å². The van der Waals surface area contributed by atoms with E-state index in [-0.39, 0.29) is 12.8 Å². The maximum atomic E-state index is 13.4. The third kappa shape index (κ3) is 1.46. The highest BCUT2D eigenvalue weighted by Gasteiger charge is 2.53. The van der Waals surface area contributed by atoms with E-state index in [0.717, 1.165) is 6.92 Å². The molecule has 1 nitrogen and oxygen atoms in total. The van der Waals surface area contributed by atoms with E-state index < -0.39 is 45.8 Å². The number of rotatable bonds is 2. The summed E-state index contributed by atoms with van der Waals surface area (Å²) in [4.78, 5) is 11.3. The number of benzene rings is 1. The molecule has 0 radical (unpaired) electrons. The summed E-state index contributed by atoms with van der Waals surface area (Å²) in [6.07, 6.45) is 0.196. The van der Waals surface area contributed by atoms with Gasteiger partial charge in [0.25, 0.3) is 0 Å². The molecule has 1 saturated carbocycles. The zero-order chi connectivity index (χ0) is 13.0. The molecule has 2 rings (SSSR count). The third-order valence-corrected chi connectivity index (χ3v) is 3.11. The number of hydrogen-bond acceptors (Lipinski definition) is 1. The highest BCUT2D eigenvalue weighted by atomic mass is 19.2. The van der Waals surface area contributed by atoms with E-state index in [4.69, 9.17) is 0 Å². The first-order valence-corrected chi connectivity index (χ1v) is 4.86. The average Bonchev–Trinajstić information content (AvgIpc) is 3.05. The summed E-state index contributed by atoms with van der Waals surface area (Å²) in [6, 6.07) is 0. The maximum absolute atomic E-state index is 13.4. The molecule has 1 aromatic rings. The van der Waals surface area contributed by atoms with Crippen molar-refractivity contribution in [1.82, 2.24) is 0 Å². The Hall–Kier alpha value is -1.46. The van der Waals surface area contributed by atoms with Crippen LogP contribution in [0, 0.1) is 29.1 Å². The van der Waals surface area contributed by atoms with Crippen molar-refractivity contribution in [3.8, 4) is 0 Å². The largest absolute Gasteiger partial charge is 0.299 e.